The predicted molar refractivity (Wildman–Crippen MR) is 58.0 cm³/mol. The van der Waals surface area contributed by atoms with Crippen molar-refractivity contribution >= 4 is 0 Å². The second-order valence-corrected chi connectivity index (χ2v) is 5.03. The molecule has 0 amide bonds. The monoisotopic (exact) mass is 226 g/mol. The van der Waals surface area contributed by atoms with Crippen molar-refractivity contribution in [1.29, 1.82) is 0 Å². The van der Waals surface area contributed by atoms with Crippen LogP contribution in [-0.2, 0) is 6.42 Å². The summed E-state index contributed by atoms with van der Waals surface area (Å²) < 4.78 is 26.4. The maximum Gasteiger partial charge on any atom is 0.162 e. The average Bonchev–Trinajstić information content (AvgIpc) is 2.95. The number of rotatable bonds is 4. The number of halogens is 2. The zero-order valence-electron chi connectivity index (χ0n) is 9.34. The van der Waals surface area contributed by atoms with E-state index in [2.05, 4.69) is 0 Å². The van der Waals surface area contributed by atoms with Crippen molar-refractivity contribution in [1.82, 2.24) is 0 Å². The fourth-order valence-electron chi connectivity index (χ4n) is 2.11. The summed E-state index contributed by atoms with van der Waals surface area (Å²) in [5.74, 6) is -1.12. The first-order valence-electron chi connectivity index (χ1n) is 5.63. The minimum Gasteiger partial charge on any atom is -0.390 e. The van der Waals surface area contributed by atoms with Crippen LogP contribution in [0.25, 0.3) is 0 Å². The molecular weight excluding hydrogens is 210 g/mol. The maximum absolute atomic E-state index is 13.4. The van der Waals surface area contributed by atoms with E-state index in [1.54, 1.807) is 6.92 Å². The van der Waals surface area contributed by atoms with Gasteiger partial charge in [-0.05, 0) is 30.9 Å². The van der Waals surface area contributed by atoms with Gasteiger partial charge in [0.25, 0.3) is 0 Å². The molecule has 88 valence electrons. The highest BCUT2D eigenvalue weighted by atomic mass is 19.2. The summed E-state index contributed by atoms with van der Waals surface area (Å²) in [5, 5.41) is 10.1. The van der Waals surface area contributed by atoms with E-state index in [0.717, 1.165) is 18.9 Å². The first-order valence-corrected chi connectivity index (χ1v) is 5.63. The fourth-order valence-corrected chi connectivity index (χ4v) is 2.11. The van der Waals surface area contributed by atoms with Crippen LogP contribution >= 0.6 is 0 Å². The van der Waals surface area contributed by atoms with Gasteiger partial charge in [0.1, 0.15) is 0 Å². The lowest BCUT2D eigenvalue weighted by Crippen LogP contribution is -2.28. The Labute approximate surface area is 94.1 Å². The van der Waals surface area contributed by atoms with Gasteiger partial charge in [0.05, 0.1) is 5.60 Å². The van der Waals surface area contributed by atoms with E-state index in [9.17, 15) is 13.9 Å². The molecule has 0 saturated heterocycles. The standard InChI is InChI=1S/C13H16F2O/c1-13(16,7-9-5-6-9)8-10-3-2-4-11(14)12(10)15/h2-4,9,16H,5-8H2,1H3. The van der Waals surface area contributed by atoms with Gasteiger partial charge in [-0.15, -0.1) is 0 Å². The third-order valence-corrected chi connectivity index (χ3v) is 3.03. The molecular formula is C13H16F2O. The molecule has 1 aromatic carbocycles. The van der Waals surface area contributed by atoms with Crippen LogP contribution in [-0.4, -0.2) is 10.7 Å². The molecule has 16 heavy (non-hydrogen) atoms. The third kappa shape index (κ3) is 2.79. The highest BCUT2D eigenvalue weighted by molar-refractivity contribution is 5.20. The molecule has 0 aromatic heterocycles. The summed E-state index contributed by atoms with van der Waals surface area (Å²) >= 11 is 0. The molecule has 0 radical (unpaired) electrons. The van der Waals surface area contributed by atoms with E-state index in [-0.39, 0.29) is 12.0 Å². The van der Waals surface area contributed by atoms with Crippen LogP contribution in [0, 0.1) is 17.6 Å². The first kappa shape index (κ1) is 11.5. The van der Waals surface area contributed by atoms with Crippen LogP contribution in [0.2, 0.25) is 0 Å². The molecule has 1 unspecified atom stereocenters. The quantitative estimate of drug-likeness (QED) is 0.836. The van der Waals surface area contributed by atoms with Crippen LogP contribution in [0.4, 0.5) is 8.78 Å². The van der Waals surface area contributed by atoms with E-state index in [0.29, 0.717) is 12.3 Å². The van der Waals surface area contributed by atoms with Gasteiger partial charge in [-0.3, -0.25) is 0 Å². The molecule has 1 aliphatic carbocycles. The van der Waals surface area contributed by atoms with E-state index in [1.807, 2.05) is 0 Å². The van der Waals surface area contributed by atoms with Crippen molar-refractivity contribution in [2.45, 2.75) is 38.2 Å². The van der Waals surface area contributed by atoms with Gasteiger partial charge in [0.15, 0.2) is 11.6 Å². The van der Waals surface area contributed by atoms with Crippen LogP contribution in [0.5, 0.6) is 0 Å². The van der Waals surface area contributed by atoms with Crippen molar-refractivity contribution in [3.8, 4) is 0 Å². The SMILES string of the molecule is CC(O)(Cc1cccc(F)c1F)CC1CC1. The molecule has 1 nitrogen and oxygen atoms in total. The lowest BCUT2D eigenvalue weighted by atomic mass is 9.91. The number of hydrogen-bond acceptors (Lipinski definition) is 1. The van der Waals surface area contributed by atoms with Gasteiger partial charge in [-0.25, -0.2) is 8.78 Å². The van der Waals surface area contributed by atoms with Gasteiger partial charge in [0, 0.05) is 6.42 Å². The molecule has 0 heterocycles. The second kappa shape index (κ2) is 4.13. The fraction of sp³-hybridized carbons (Fsp3) is 0.538. The number of benzene rings is 1. The topological polar surface area (TPSA) is 20.2 Å². The number of aliphatic hydroxyl groups is 1. The van der Waals surface area contributed by atoms with Crippen LogP contribution in [0.1, 0.15) is 31.7 Å². The predicted octanol–water partition coefficient (Wildman–Crippen LogP) is 3.06. The normalized spacial score (nSPS) is 19.5. The summed E-state index contributed by atoms with van der Waals surface area (Å²) in [5.41, 5.74) is -0.679. The smallest absolute Gasteiger partial charge is 0.162 e. The molecule has 0 spiro atoms. The second-order valence-electron chi connectivity index (χ2n) is 5.03. The Hall–Kier alpha value is -0.960. The summed E-state index contributed by atoms with van der Waals surface area (Å²) in [6, 6.07) is 4.09. The highest BCUT2D eigenvalue weighted by Crippen LogP contribution is 2.37. The van der Waals surface area contributed by atoms with E-state index in [4.69, 9.17) is 0 Å². The molecule has 1 saturated carbocycles. The summed E-state index contributed by atoms with van der Waals surface area (Å²) in [6.07, 6.45) is 3.12. The lowest BCUT2D eigenvalue weighted by molar-refractivity contribution is 0.0445. The van der Waals surface area contributed by atoms with Crippen LogP contribution < -0.4 is 0 Å². The summed E-state index contributed by atoms with van der Waals surface area (Å²) in [6.45, 7) is 1.69. The van der Waals surface area contributed by atoms with E-state index in [1.165, 1.54) is 12.1 Å². The molecule has 0 bridgehead atoms. The van der Waals surface area contributed by atoms with Crippen molar-refractivity contribution in [3.05, 3.63) is 35.4 Å². The van der Waals surface area contributed by atoms with Gasteiger partial charge >= 0.3 is 0 Å². The zero-order valence-corrected chi connectivity index (χ0v) is 9.34. The Morgan fingerprint density at radius 3 is 2.69 bits per heavy atom. The van der Waals surface area contributed by atoms with Crippen LogP contribution in [0.3, 0.4) is 0 Å². The lowest BCUT2D eigenvalue weighted by Gasteiger charge is -2.23. The minimum atomic E-state index is -0.935. The minimum absolute atomic E-state index is 0.174. The highest BCUT2D eigenvalue weighted by Gasteiger charge is 2.32. The van der Waals surface area contributed by atoms with Gasteiger partial charge < -0.3 is 5.11 Å². The Balaban J connectivity index is 2.09. The summed E-state index contributed by atoms with van der Waals surface area (Å²) in [7, 11) is 0. The largest absolute Gasteiger partial charge is 0.390 e. The van der Waals surface area contributed by atoms with Gasteiger partial charge in [-0.1, -0.05) is 25.0 Å². The zero-order chi connectivity index (χ0) is 11.8. The molecule has 1 fully saturated rings. The Bertz CT molecular complexity index is 384. The van der Waals surface area contributed by atoms with Crippen molar-refractivity contribution in [2.75, 3.05) is 0 Å². The van der Waals surface area contributed by atoms with Crippen LogP contribution in [0.15, 0.2) is 18.2 Å². The maximum atomic E-state index is 13.4. The number of hydrogen-bond donors (Lipinski definition) is 1. The molecule has 1 N–H and O–H groups in total. The third-order valence-electron chi connectivity index (χ3n) is 3.03. The molecule has 3 heteroatoms. The van der Waals surface area contributed by atoms with Gasteiger partial charge in [-0.2, -0.15) is 0 Å². The molecule has 1 aromatic rings. The first-order chi connectivity index (χ1) is 7.48. The average molecular weight is 226 g/mol. The molecule has 0 aliphatic heterocycles. The molecule has 2 rings (SSSR count). The molecule has 1 aliphatic rings. The Morgan fingerprint density at radius 1 is 1.38 bits per heavy atom. The van der Waals surface area contributed by atoms with E-state index >= 15 is 0 Å². The van der Waals surface area contributed by atoms with Crippen molar-refractivity contribution < 1.29 is 13.9 Å². The van der Waals surface area contributed by atoms with Gasteiger partial charge in [0.2, 0.25) is 0 Å². The molecule has 1 atom stereocenters. The van der Waals surface area contributed by atoms with E-state index < -0.39 is 17.2 Å². The van der Waals surface area contributed by atoms with Crippen molar-refractivity contribution in [3.63, 3.8) is 0 Å². The summed E-state index contributed by atoms with van der Waals surface area (Å²) in [4.78, 5) is 0. The van der Waals surface area contributed by atoms with Crippen molar-refractivity contribution in [2.24, 2.45) is 5.92 Å². The Morgan fingerprint density at radius 2 is 2.06 bits per heavy atom. The Kier molecular flexibility index (Phi) is 2.98.